The first kappa shape index (κ1) is 24.9. The fourth-order valence-corrected chi connectivity index (χ4v) is 4.77. The highest BCUT2D eigenvalue weighted by Gasteiger charge is 2.15. The first-order valence-electron chi connectivity index (χ1n) is 10.4. The van der Waals surface area contributed by atoms with Gasteiger partial charge in [-0.05, 0) is 64.0 Å². The molecule has 3 aromatic carbocycles. The molecule has 0 bridgehead atoms. The molecule has 0 fully saturated rings. The SMILES string of the molecule is CC(C)c1nc2ccc(Br)cc2c(=O)n1N=Cc1cc(Cl)cc(Br)c1OCc1ccc(Cl)cc1. The van der Waals surface area contributed by atoms with Crippen molar-refractivity contribution in [3.05, 3.63) is 101 Å². The highest BCUT2D eigenvalue weighted by molar-refractivity contribution is 9.10. The van der Waals surface area contributed by atoms with Crippen molar-refractivity contribution in [2.24, 2.45) is 5.10 Å². The summed E-state index contributed by atoms with van der Waals surface area (Å²) >= 11 is 19.2. The van der Waals surface area contributed by atoms with Crippen LogP contribution in [-0.2, 0) is 6.61 Å². The van der Waals surface area contributed by atoms with Crippen molar-refractivity contribution in [2.45, 2.75) is 26.4 Å². The zero-order valence-electron chi connectivity index (χ0n) is 18.2. The smallest absolute Gasteiger partial charge is 0.282 e. The van der Waals surface area contributed by atoms with Crippen molar-refractivity contribution in [3.8, 4) is 5.75 Å². The van der Waals surface area contributed by atoms with Crippen LogP contribution < -0.4 is 10.3 Å². The Labute approximate surface area is 223 Å². The molecule has 5 nitrogen and oxygen atoms in total. The van der Waals surface area contributed by atoms with Gasteiger partial charge in [-0.25, -0.2) is 4.98 Å². The molecule has 9 heteroatoms. The van der Waals surface area contributed by atoms with E-state index in [1.807, 2.05) is 50.2 Å². The number of aromatic nitrogens is 2. The Kier molecular flexibility index (Phi) is 7.77. The molecule has 4 rings (SSSR count). The van der Waals surface area contributed by atoms with Crippen LogP contribution in [0.25, 0.3) is 10.9 Å². The molecule has 0 saturated carbocycles. The summed E-state index contributed by atoms with van der Waals surface area (Å²) in [6.45, 7) is 4.26. The summed E-state index contributed by atoms with van der Waals surface area (Å²) in [6, 6.07) is 16.3. The molecule has 0 aliphatic heterocycles. The van der Waals surface area contributed by atoms with E-state index in [4.69, 9.17) is 27.9 Å². The average molecular weight is 624 g/mol. The average Bonchev–Trinajstić information content (AvgIpc) is 2.79. The molecule has 34 heavy (non-hydrogen) atoms. The molecule has 0 unspecified atom stereocenters. The van der Waals surface area contributed by atoms with Gasteiger partial charge in [0.05, 0.1) is 21.6 Å². The van der Waals surface area contributed by atoms with Crippen LogP contribution in [0, 0.1) is 0 Å². The predicted molar refractivity (Wildman–Crippen MR) is 146 cm³/mol. The molecule has 0 atom stereocenters. The monoisotopic (exact) mass is 621 g/mol. The van der Waals surface area contributed by atoms with Crippen molar-refractivity contribution < 1.29 is 4.74 Å². The van der Waals surface area contributed by atoms with Crippen molar-refractivity contribution in [3.63, 3.8) is 0 Å². The number of hydrogen-bond acceptors (Lipinski definition) is 4. The molecular weight excluding hydrogens is 605 g/mol. The van der Waals surface area contributed by atoms with Gasteiger partial charge in [-0.2, -0.15) is 9.78 Å². The predicted octanol–water partition coefficient (Wildman–Crippen LogP) is 7.81. The van der Waals surface area contributed by atoms with E-state index < -0.39 is 0 Å². The van der Waals surface area contributed by atoms with E-state index in [-0.39, 0.29) is 11.5 Å². The summed E-state index contributed by atoms with van der Waals surface area (Å²) in [5.74, 6) is 1.09. The van der Waals surface area contributed by atoms with Gasteiger partial charge in [-0.15, -0.1) is 0 Å². The van der Waals surface area contributed by atoms with Crippen molar-refractivity contribution >= 4 is 72.2 Å². The number of fused-ring (bicyclic) bond motifs is 1. The second-order valence-electron chi connectivity index (χ2n) is 7.87. The number of hydrogen-bond donors (Lipinski definition) is 0. The van der Waals surface area contributed by atoms with E-state index in [1.54, 1.807) is 24.4 Å². The lowest BCUT2D eigenvalue weighted by Crippen LogP contribution is -2.23. The maximum atomic E-state index is 13.3. The van der Waals surface area contributed by atoms with Gasteiger partial charge in [0.15, 0.2) is 0 Å². The summed E-state index contributed by atoms with van der Waals surface area (Å²) in [5, 5.41) is 6.15. The van der Waals surface area contributed by atoms with Crippen LogP contribution in [0.4, 0.5) is 0 Å². The molecule has 0 N–H and O–H groups in total. The first-order chi connectivity index (χ1) is 16.2. The Bertz CT molecular complexity index is 1450. The molecule has 4 aromatic rings. The fraction of sp³-hybridized carbons (Fsp3) is 0.160. The largest absolute Gasteiger partial charge is 0.487 e. The van der Waals surface area contributed by atoms with E-state index >= 15 is 0 Å². The third-order valence-corrected chi connectivity index (χ3v) is 6.55. The molecule has 174 valence electrons. The second kappa shape index (κ2) is 10.6. The topological polar surface area (TPSA) is 56.5 Å². The Morgan fingerprint density at radius 3 is 2.50 bits per heavy atom. The zero-order valence-corrected chi connectivity index (χ0v) is 22.9. The van der Waals surface area contributed by atoms with E-state index in [1.165, 1.54) is 4.68 Å². The lowest BCUT2D eigenvalue weighted by Gasteiger charge is -2.14. The molecule has 0 radical (unpaired) electrons. The first-order valence-corrected chi connectivity index (χ1v) is 12.7. The standard InChI is InChI=1S/C25H19Br2Cl2N3O2/c1-14(2)24-31-22-8-5-17(26)10-20(22)25(33)32(24)30-12-16-9-19(29)11-21(27)23(16)34-13-15-3-6-18(28)7-4-15/h3-12,14H,13H2,1-2H3. The molecule has 0 amide bonds. The Balaban J connectivity index is 1.76. The molecule has 0 spiro atoms. The lowest BCUT2D eigenvalue weighted by atomic mass is 10.2. The molecule has 0 saturated heterocycles. The summed E-state index contributed by atoms with van der Waals surface area (Å²) in [7, 11) is 0. The van der Waals surface area contributed by atoms with E-state index in [0.717, 1.165) is 10.0 Å². The summed E-state index contributed by atoms with van der Waals surface area (Å²) in [5.41, 5.74) is 1.94. The summed E-state index contributed by atoms with van der Waals surface area (Å²) in [4.78, 5) is 18.0. The highest BCUT2D eigenvalue weighted by atomic mass is 79.9. The van der Waals surface area contributed by atoms with Gasteiger partial charge in [0.2, 0.25) is 0 Å². The van der Waals surface area contributed by atoms with Gasteiger partial charge in [-0.1, -0.05) is 65.1 Å². The van der Waals surface area contributed by atoms with Gasteiger partial charge < -0.3 is 4.74 Å². The molecule has 0 aliphatic carbocycles. The zero-order chi connectivity index (χ0) is 24.4. The van der Waals surface area contributed by atoms with E-state index in [0.29, 0.717) is 49.2 Å². The Morgan fingerprint density at radius 2 is 1.79 bits per heavy atom. The van der Waals surface area contributed by atoms with Crippen LogP contribution in [-0.4, -0.2) is 15.9 Å². The number of halogens is 4. The van der Waals surface area contributed by atoms with Crippen LogP contribution in [0.3, 0.4) is 0 Å². The van der Waals surface area contributed by atoms with E-state index in [9.17, 15) is 4.79 Å². The summed E-state index contributed by atoms with van der Waals surface area (Å²) < 4.78 is 8.88. The van der Waals surface area contributed by atoms with Crippen molar-refractivity contribution in [1.29, 1.82) is 0 Å². The number of benzene rings is 3. The maximum Gasteiger partial charge on any atom is 0.282 e. The second-order valence-corrected chi connectivity index (χ2v) is 10.5. The van der Waals surface area contributed by atoms with E-state index in [2.05, 4.69) is 41.9 Å². The fourth-order valence-electron chi connectivity index (χ4n) is 3.34. The molecule has 1 heterocycles. The quantitative estimate of drug-likeness (QED) is 0.206. The normalized spacial score (nSPS) is 11.6. The summed E-state index contributed by atoms with van der Waals surface area (Å²) in [6.07, 6.45) is 1.56. The van der Waals surface area contributed by atoms with Gasteiger partial charge in [0.25, 0.3) is 5.56 Å². The number of ether oxygens (including phenoxy) is 1. The minimum atomic E-state index is -0.254. The third kappa shape index (κ3) is 5.54. The highest BCUT2D eigenvalue weighted by Crippen LogP contribution is 2.33. The van der Waals surface area contributed by atoms with Gasteiger partial charge >= 0.3 is 0 Å². The molecular formula is C25H19Br2Cl2N3O2. The number of rotatable bonds is 6. The van der Waals surface area contributed by atoms with Crippen molar-refractivity contribution in [1.82, 2.24) is 9.66 Å². The van der Waals surface area contributed by atoms with Crippen molar-refractivity contribution in [2.75, 3.05) is 0 Å². The van der Waals surface area contributed by atoms with Crippen LogP contribution in [0.15, 0.2) is 73.4 Å². The lowest BCUT2D eigenvalue weighted by molar-refractivity contribution is 0.304. The van der Waals surface area contributed by atoms with Gasteiger partial charge in [0, 0.05) is 26.0 Å². The minimum absolute atomic E-state index is 0.0235. The number of nitrogens with zero attached hydrogens (tertiary/aromatic N) is 3. The third-order valence-electron chi connectivity index (χ3n) is 5.00. The molecule has 1 aromatic heterocycles. The van der Waals surface area contributed by atoms with Crippen LogP contribution in [0.2, 0.25) is 10.0 Å². The van der Waals surface area contributed by atoms with Crippen LogP contribution >= 0.6 is 55.1 Å². The van der Waals surface area contributed by atoms with Gasteiger partial charge in [0.1, 0.15) is 18.2 Å². The van der Waals surface area contributed by atoms with Crippen LogP contribution in [0.5, 0.6) is 5.75 Å². The maximum absolute atomic E-state index is 13.3. The Hall–Kier alpha value is -2.19. The minimum Gasteiger partial charge on any atom is -0.487 e. The van der Waals surface area contributed by atoms with Crippen LogP contribution in [0.1, 0.15) is 36.7 Å². The Morgan fingerprint density at radius 1 is 1.06 bits per heavy atom. The molecule has 0 aliphatic rings. The van der Waals surface area contributed by atoms with Gasteiger partial charge in [-0.3, -0.25) is 4.79 Å².